The Morgan fingerprint density at radius 3 is 2.66 bits per heavy atom. The Morgan fingerprint density at radius 2 is 1.92 bits per heavy atom. The number of aromatic nitrogens is 2. The van der Waals surface area contributed by atoms with Crippen LogP contribution in [0, 0.1) is 0 Å². The van der Waals surface area contributed by atoms with Gasteiger partial charge in [0.05, 0.1) is 29.1 Å². The number of quaternary nitrogens is 1. The Hall–Kier alpha value is -2.72. The molecule has 0 radical (unpaired) electrons. The molecule has 1 aliphatic carbocycles. The van der Waals surface area contributed by atoms with Crippen LogP contribution >= 0.6 is 11.6 Å². The van der Waals surface area contributed by atoms with Gasteiger partial charge in [0, 0.05) is 24.6 Å². The summed E-state index contributed by atoms with van der Waals surface area (Å²) in [5.74, 6) is 1.55. The zero-order chi connectivity index (χ0) is 26.9. The number of methoxy groups -OCH3 is 1. The van der Waals surface area contributed by atoms with Crippen molar-refractivity contribution >= 4 is 44.6 Å². The predicted octanol–water partition coefficient (Wildman–Crippen LogP) is 4.90. The van der Waals surface area contributed by atoms with Crippen LogP contribution < -0.4 is 20.7 Å². The van der Waals surface area contributed by atoms with Crippen molar-refractivity contribution in [2.45, 2.75) is 68.1 Å². The van der Waals surface area contributed by atoms with Gasteiger partial charge in [0.1, 0.15) is 5.02 Å². The highest BCUT2D eigenvalue weighted by Crippen LogP contribution is 2.44. The van der Waals surface area contributed by atoms with E-state index in [1.165, 1.54) is 49.4 Å². The third-order valence-corrected chi connectivity index (χ3v) is 10.2. The van der Waals surface area contributed by atoms with Crippen LogP contribution in [-0.4, -0.2) is 37.3 Å². The molecule has 1 aromatic heterocycles. The number of ether oxygens (including phenoxy) is 1. The summed E-state index contributed by atoms with van der Waals surface area (Å²) in [6.45, 7) is 5.15. The number of halogens is 1. The van der Waals surface area contributed by atoms with Crippen LogP contribution in [0.5, 0.6) is 5.75 Å². The van der Waals surface area contributed by atoms with Crippen molar-refractivity contribution in [3.8, 4) is 5.75 Å². The third-order valence-electron chi connectivity index (χ3n) is 7.73. The smallest absolute Gasteiger partial charge is 0.332 e. The SMILES string of the molecule is COc1cc2c(cc1[NH2+]c1ncc(Cl)c(Nc3ccccc3S(=O)(=O)C(C)C)n1)C1(CCCCC1)CNC2. The number of para-hydroxylation sites is 1. The number of anilines is 2. The number of benzene rings is 2. The molecule has 38 heavy (non-hydrogen) atoms. The Labute approximate surface area is 229 Å². The quantitative estimate of drug-likeness (QED) is 0.355. The van der Waals surface area contributed by atoms with E-state index in [9.17, 15) is 8.42 Å². The number of nitrogens with one attached hydrogen (secondary N) is 2. The summed E-state index contributed by atoms with van der Waals surface area (Å²) in [4.78, 5) is 9.30. The standard InChI is InChI=1S/C28H34ClN5O3S/c1-18(2)38(35,36)25-10-6-5-9-22(25)32-26-21(29)16-31-27(34-26)33-23-14-20-19(13-24(23)37-3)15-30-17-28(20)11-7-4-8-12-28/h5-6,9-10,13-14,16,18,30H,4,7-8,11-12,15,17H2,1-3H3,(H2,31,32,33,34)/p+1. The maximum absolute atomic E-state index is 12.9. The number of rotatable bonds is 7. The Balaban J connectivity index is 1.48. The molecule has 1 aliphatic heterocycles. The van der Waals surface area contributed by atoms with Gasteiger partial charge in [0.15, 0.2) is 27.1 Å². The van der Waals surface area contributed by atoms with Gasteiger partial charge in [-0.1, -0.05) is 43.0 Å². The fourth-order valence-electron chi connectivity index (χ4n) is 5.65. The summed E-state index contributed by atoms with van der Waals surface area (Å²) in [5, 5.41) is 8.39. The maximum atomic E-state index is 12.9. The van der Waals surface area contributed by atoms with E-state index >= 15 is 0 Å². The van der Waals surface area contributed by atoms with Crippen molar-refractivity contribution in [3.05, 3.63) is 58.7 Å². The molecule has 0 amide bonds. The summed E-state index contributed by atoms with van der Waals surface area (Å²) in [5.41, 5.74) is 4.16. The average molecular weight is 557 g/mol. The highest BCUT2D eigenvalue weighted by Gasteiger charge is 2.39. The molecular weight excluding hydrogens is 522 g/mol. The van der Waals surface area contributed by atoms with Gasteiger partial charge >= 0.3 is 5.95 Å². The molecule has 202 valence electrons. The minimum Gasteiger partial charge on any atom is -0.491 e. The highest BCUT2D eigenvalue weighted by atomic mass is 35.5. The van der Waals surface area contributed by atoms with E-state index < -0.39 is 15.1 Å². The van der Waals surface area contributed by atoms with E-state index in [1.54, 1.807) is 45.2 Å². The molecule has 2 aromatic carbocycles. The van der Waals surface area contributed by atoms with E-state index in [-0.39, 0.29) is 10.3 Å². The van der Waals surface area contributed by atoms with Crippen LogP contribution in [0.2, 0.25) is 5.02 Å². The Bertz CT molecular complexity index is 1440. The lowest BCUT2D eigenvalue weighted by atomic mass is 9.66. The van der Waals surface area contributed by atoms with E-state index in [0.29, 0.717) is 22.5 Å². The third kappa shape index (κ3) is 5.12. The van der Waals surface area contributed by atoms with Crippen LogP contribution in [0.15, 0.2) is 47.5 Å². The molecule has 3 aromatic rings. The molecular formula is C28H35ClN5O3S+. The van der Waals surface area contributed by atoms with Gasteiger partial charge in [-0.05, 0) is 56.0 Å². The van der Waals surface area contributed by atoms with Crippen molar-refractivity contribution in [3.63, 3.8) is 0 Å². The minimum atomic E-state index is -3.51. The van der Waals surface area contributed by atoms with E-state index in [2.05, 4.69) is 32.7 Å². The van der Waals surface area contributed by atoms with Crippen molar-refractivity contribution in [1.82, 2.24) is 15.3 Å². The van der Waals surface area contributed by atoms with Crippen molar-refractivity contribution in [1.29, 1.82) is 0 Å². The van der Waals surface area contributed by atoms with Crippen LogP contribution in [-0.2, 0) is 21.8 Å². The molecule has 5 rings (SSSR count). The molecule has 0 atom stereocenters. The Kier molecular flexibility index (Phi) is 7.64. The second kappa shape index (κ2) is 10.8. The molecule has 4 N–H and O–H groups in total. The molecule has 10 heteroatoms. The number of fused-ring (bicyclic) bond motifs is 2. The highest BCUT2D eigenvalue weighted by molar-refractivity contribution is 7.92. The molecule has 8 nitrogen and oxygen atoms in total. The molecule has 0 unspecified atom stereocenters. The summed E-state index contributed by atoms with van der Waals surface area (Å²) in [7, 11) is -1.84. The number of hydrogen-bond acceptors (Lipinski definition) is 7. The lowest BCUT2D eigenvalue weighted by Gasteiger charge is -2.42. The lowest BCUT2D eigenvalue weighted by molar-refractivity contribution is -0.488. The maximum Gasteiger partial charge on any atom is 0.332 e. The van der Waals surface area contributed by atoms with E-state index in [1.807, 2.05) is 5.32 Å². The first-order valence-electron chi connectivity index (χ1n) is 13.1. The van der Waals surface area contributed by atoms with Crippen LogP contribution in [0.25, 0.3) is 0 Å². The van der Waals surface area contributed by atoms with Gasteiger partial charge in [-0.25, -0.2) is 13.7 Å². The molecule has 1 fully saturated rings. The van der Waals surface area contributed by atoms with Gasteiger partial charge in [-0.3, -0.25) is 0 Å². The van der Waals surface area contributed by atoms with Crippen LogP contribution in [0.1, 0.15) is 57.1 Å². The summed E-state index contributed by atoms with van der Waals surface area (Å²) in [6, 6.07) is 11.2. The van der Waals surface area contributed by atoms with Gasteiger partial charge in [-0.2, -0.15) is 9.97 Å². The Morgan fingerprint density at radius 1 is 1.16 bits per heavy atom. The molecule has 1 spiro atoms. The van der Waals surface area contributed by atoms with E-state index in [4.69, 9.17) is 16.3 Å². The average Bonchev–Trinajstić information content (AvgIpc) is 2.91. The van der Waals surface area contributed by atoms with Gasteiger partial charge in [-0.15, -0.1) is 0 Å². The van der Waals surface area contributed by atoms with Crippen molar-refractivity contribution in [2.75, 3.05) is 19.0 Å². The fraction of sp³-hybridized carbons (Fsp3) is 0.429. The second-order valence-corrected chi connectivity index (χ2v) is 13.4. The zero-order valence-electron chi connectivity index (χ0n) is 22.1. The first-order chi connectivity index (χ1) is 18.2. The van der Waals surface area contributed by atoms with Gasteiger partial charge in [0.2, 0.25) is 0 Å². The fourth-order valence-corrected chi connectivity index (χ4v) is 6.99. The van der Waals surface area contributed by atoms with Crippen molar-refractivity contribution in [2.24, 2.45) is 0 Å². The largest absolute Gasteiger partial charge is 0.491 e. The van der Waals surface area contributed by atoms with Crippen LogP contribution in [0.3, 0.4) is 0 Å². The number of nitrogens with zero attached hydrogens (tertiary/aromatic N) is 2. The number of nitrogens with two attached hydrogens (primary N) is 1. The van der Waals surface area contributed by atoms with E-state index in [0.717, 1.165) is 24.5 Å². The zero-order valence-corrected chi connectivity index (χ0v) is 23.6. The second-order valence-electron chi connectivity index (χ2n) is 10.5. The molecule has 0 saturated heterocycles. The lowest BCUT2D eigenvalue weighted by Crippen LogP contribution is -2.72. The predicted molar refractivity (Wildman–Crippen MR) is 150 cm³/mol. The van der Waals surface area contributed by atoms with Gasteiger partial charge < -0.3 is 15.4 Å². The van der Waals surface area contributed by atoms with Crippen LogP contribution in [0.4, 0.5) is 23.1 Å². The normalized spacial score (nSPS) is 16.9. The number of sulfone groups is 1. The molecule has 2 heterocycles. The molecule has 1 saturated carbocycles. The van der Waals surface area contributed by atoms with Crippen molar-refractivity contribution < 1.29 is 18.5 Å². The summed E-state index contributed by atoms with van der Waals surface area (Å²) >= 11 is 6.45. The summed E-state index contributed by atoms with van der Waals surface area (Å²) in [6.07, 6.45) is 7.68. The molecule has 0 bridgehead atoms. The number of hydrogen-bond donors (Lipinski definition) is 3. The topological polar surface area (TPSA) is 110 Å². The monoisotopic (exact) mass is 556 g/mol. The first-order valence-corrected chi connectivity index (χ1v) is 15.1. The molecule has 2 aliphatic rings. The summed E-state index contributed by atoms with van der Waals surface area (Å²) < 4.78 is 31.6. The van der Waals surface area contributed by atoms with Gasteiger partial charge in [0.25, 0.3) is 0 Å². The first kappa shape index (κ1) is 26.9. The minimum absolute atomic E-state index is 0.153.